The van der Waals surface area contributed by atoms with Gasteiger partial charge in [0.2, 0.25) is 0 Å². The lowest BCUT2D eigenvalue weighted by Gasteiger charge is -2.27. The van der Waals surface area contributed by atoms with Crippen LogP contribution in [0.5, 0.6) is 0 Å². The van der Waals surface area contributed by atoms with E-state index in [-0.39, 0.29) is 0 Å². The summed E-state index contributed by atoms with van der Waals surface area (Å²) < 4.78 is 2.41. The molecule has 0 N–H and O–H groups in total. The molecule has 64 heavy (non-hydrogen) atoms. The van der Waals surface area contributed by atoms with Crippen LogP contribution in [0.15, 0.2) is 255 Å². The van der Waals surface area contributed by atoms with E-state index in [1.165, 1.54) is 93.5 Å². The number of aromatic nitrogens is 1. The van der Waals surface area contributed by atoms with E-state index in [9.17, 15) is 0 Å². The van der Waals surface area contributed by atoms with Gasteiger partial charge >= 0.3 is 0 Å². The highest BCUT2D eigenvalue weighted by molar-refractivity contribution is 6.10. The zero-order chi connectivity index (χ0) is 42.4. The molecule has 1 aromatic heterocycles. The van der Waals surface area contributed by atoms with E-state index in [4.69, 9.17) is 0 Å². The van der Waals surface area contributed by atoms with Crippen molar-refractivity contribution in [1.29, 1.82) is 0 Å². The highest BCUT2D eigenvalue weighted by atomic mass is 15.1. The van der Waals surface area contributed by atoms with Crippen molar-refractivity contribution in [3.8, 4) is 50.2 Å². The molecule has 0 fully saturated rings. The summed E-state index contributed by atoms with van der Waals surface area (Å²) in [7, 11) is 0. The normalized spacial score (nSPS) is 11.4. The Hall–Kier alpha value is -8.46. The second kappa shape index (κ2) is 15.8. The Morgan fingerprint density at radius 2 is 0.656 bits per heavy atom. The minimum absolute atomic E-state index is 1.10. The van der Waals surface area contributed by atoms with Gasteiger partial charge in [0.05, 0.1) is 22.4 Å². The maximum atomic E-state index is 2.41. The highest BCUT2D eigenvalue weighted by Gasteiger charge is 2.18. The number of para-hydroxylation sites is 3. The topological polar surface area (TPSA) is 8.17 Å². The molecule has 12 aromatic rings. The van der Waals surface area contributed by atoms with Crippen LogP contribution in [0.2, 0.25) is 0 Å². The smallest absolute Gasteiger partial charge is 0.0541 e. The van der Waals surface area contributed by atoms with Crippen molar-refractivity contribution in [2.75, 3.05) is 4.90 Å². The lowest BCUT2D eigenvalue weighted by molar-refractivity contribution is 1.18. The largest absolute Gasteiger partial charge is 0.310 e. The molecule has 2 nitrogen and oxygen atoms in total. The number of fused-ring (bicyclic) bond motifs is 5. The van der Waals surface area contributed by atoms with Crippen LogP contribution in [-0.4, -0.2) is 4.57 Å². The summed E-state index contributed by atoms with van der Waals surface area (Å²) in [5.74, 6) is 0. The predicted octanol–water partition coefficient (Wildman–Crippen LogP) is 17.2. The Balaban J connectivity index is 0.896. The molecule has 0 spiro atoms. The first-order valence-electron chi connectivity index (χ1n) is 22.0. The third-order valence-corrected chi connectivity index (χ3v) is 12.8. The molecule has 0 radical (unpaired) electrons. The number of benzene rings is 11. The summed E-state index contributed by atoms with van der Waals surface area (Å²) in [6.45, 7) is 0. The summed E-state index contributed by atoms with van der Waals surface area (Å²) in [5, 5.41) is 7.45. The van der Waals surface area contributed by atoms with Crippen molar-refractivity contribution in [1.82, 2.24) is 4.57 Å². The van der Waals surface area contributed by atoms with Crippen molar-refractivity contribution >= 4 is 60.4 Å². The average Bonchev–Trinajstić information content (AvgIpc) is 3.71. The van der Waals surface area contributed by atoms with Gasteiger partial charge in [-0.05, 0) is 104 Å². The van der Waals surface area contributed by atoms with Crippen LogP contribution in [0.3, 0.4) is 0 Å². The summed E-state index contributed by atoms with van der Waals surface area (Å²) >= 11 is 0. The third-order valence-electron chi connectivity index (χ3n) is 12.8. The Labute approximate surface area is 373 Å². The number of rotatable bonds is 8. The molecule has 0 aliphatic heterocycles. The van der Waals surface area contributed by atoms with Gasteiger partial charge in [-0.1, -0.05) is 206 Å². The second-order valence-electron chi connectivity index (χ2n) is 16.5. The minimum atomic E-state index is 1.10. The molecule has 0 saturated heterocycles. The summed E-state index contributed by atoms with van der Waals surface area (Å²) in [4.78, 5) is 2.39. The fourth-order valence-corrected chi connectivity index (χ4v) is 9.79. The third kappa shape index (κ3) is 6.44. The van der Waals surface area contributed by atoms with Crippen LogP contribution in [0, 0.1) is 0 Å². The molecule has 12 rings (SSSR count). The Morgan fingerprint density at radius 3 is 1.31 bits per heavy atom. The van der Waals surface area contributed by atoms with Gasteiger partial charge in [0.25, 0.3) is 0 Å². The van der Waals surface area contributed by atoms with E-state index >= 15 is 0 Å². The van der Waals surface area contributed by atoms with Crippen LogP contribution < -0.4 is 4.90 Å². The Morgan fingerprint density at radius 1 is 0.250 bits per heavy atom. The standard InChI is InChI=1S/C62H42N2/c1-3-19-51-45(15-1)17-13-26-56(51)55-23-6-5-20-52(55)47-37-41-50(42-38-47)63(59-30-14-18-46-16-2-4-21-53(46)59)49-39-35-44(36-40-49)43-31-33-48(34-32-43)54-22-7-10-27-60(54)64-61-28-11-8-24-57(61)58-25-9-12-29-62(58)64/h1-42H. The molecule has 0 aliphatic carbocycles. The van der Waals surface area contributed by atoms with E-state index < -0.39 is 0 Å². The first kappa shape index (κ1) is 37.3. The van der Waals surface area contributed by atoms with Crippen LogP contribution in [0.1, 0.15) is 0 Å². The second-order valence-corrected chi connectivity index (χ2v) is 16.5. The van der Waals surface area contributed by atoms with Gasteiger partial charge in [0.1, 0.15) is 0 Å². The maximum absolute atomic E-state index is 2.41. The quantitative estimate of drug-likeness (QED) is 0.148. The molecule has 0 bridgehead atoms. The monoisotopic (exact) mass is 814 g/mol. The van der Waals surface area contributed by atoms with Gasteiger partial charge in [-0.15, -0.1) is 0 Å². The lowest BCUT2D eigenvalue weighted by atomic mass is 9.91. The van der Waals surface area contributed by atoms with Gasteiger partial charge in [-0.25, -0.2) is 0 Å². The molecule has 1 heterocycles. The zero-order valence-corrected chi connectivity index (χ0v) is 35.1. The minimum Gasteiger partial charge on any atom is -0.310 e. The Kier molecular flexibility index (Phi) is 9.20. The van der Waals surface area contributed by atoms with Crippen LogP contribution >= 0.6 is 0 Å². The number of hydrogen-bond donors (Lipinski definition) is 0. The molecule has 0 aliphatic rings. The van der Waals surface area contributed by atoms with Gasteiger partial charge in [0, 0.05) is 33.1 Å². The van der Waals surface area contributed by atoms with E-state index in [2.05, 4.69) is 264 Å². The molecule has 0 amide bonds. The van der Waals surface area contributed by atoms with Crippen molar-refractivity contribution in [2.24, 2.45) is 0 Å². The summed E-state index contributed by atoms with van der Waals surface area (Å²) in [5.41, 5.74) is 16.5. The van der Waals surface area contributed by atoms with Gasteiger partial charge in [-0.3, -0.25) is 0 Å². The van der Waals surface area contributed by atoms with Crippen molar-refractivity contribution in [3.05, 3.63) is 255 Å². The predicted molar refractivity (Wildman–Crippen MR) is 272 cm³/mol. The number of nitrogens with zero attached hydrogens (tertiary/aromatic N) is 2. The molecule has 0 saturated carbocycles. The van der Waals surface area contributed by atoms with Gasteiger partial charge < -0.3 is 9.47 Å². The van der Waals surface area contributed by atoms with E-state index in [0.717, 1.165) is 17.1 Å². The van der Waals surface area contributed by atoms with Gasteiger partial charge in [-0.2, -0.15) is 0 Å². The molecule has 11 aromatic carbocycles. The lowest BCUT2D eigenvalue weighted by Crippen LogP contribution is -2.10. The van der Waals surface area contributed by atoms with Crippen LogP contribution in [-0.2, 0) is 0 Å². The Bertz CT molecular complexity index is 3590. The number of hydrogen-bond acceptors (Lipinski definition) is 1. The SMILES string of the molecule is c1ccc(-c2cccc3ccccc23)c(-c2ccc(N(c3ccc(-c4ccc(-c5ccccc5-n5c6ccccc6c6ccccc65)cc4)cc3)c3cccc4ccccc34)cc2)c1. The molecule has 0 atom stereocenters. The fraction of sp³-hybridized carbons (Fsp3) is 0. The maximum Gasteiger partial charge on any atom is 0.0541 e. The first-order chi connectivity index (χ1) is 31.8. The van der Waals surface area contributed by atoms with Crippen molar-refractivity contribution in [2.45, 2.75) is 0 Å². The fourth-order valence-electron chi connectivity index (χ4n) is 9.79. The summed E-state index contributed by atoms with van der Waals surface area (Å²) in [6, 6.07) is 92.5. The van der Waals surface area contributed by atoms with E-state index in [1.54, 1.807) is 0 Å². The van der Waals surface area contributed by atoms with Crippen molar-refractivity contribution in [3.63, 3.8) is 0 Å². The molecular weight excluding hydrogens is 773 g/mol. The molecule has 2 heteroatoms. The summed E-state index contributed by atoms with van der Waals surface area (Å²) in [6.07, 6.45) is 0. The van der Waals surface area contributed by atoms with E-state index in [1.807, 2.05) is 0 Å². The van der Waals surface area contributed by atoms with Crippen LogP contribution in [0.25, 0.3) is 93.5 Å². The molecule has 300 valence electrons. The molecular formula is C62H42N2. The number of anilines is 3. The van der Waals surface area contributed by atoms with Crippen molar-refractivity contribution < 1.29 is 0 Å². The average molecular weight is 815 g/mol. The first-order valence-corrected chi connectivity index (χ1v) is 22.0. The van der Waals surface area contributed by atoms with Gasteiger partial charge in [0.15, 0.2) is 0 Å². The molecule has 0 unspecified atom stereocenters. The van der Waals surface area contributed by atoms with E-state index in [0.29, 0.717) is 0 Å². The zero-order valence-electron chi connectivity index (χ0n) is 35.1. The van der Waals surface area contributed by atoms with Crippen LogP contribution in [0.4, 0.5) is 17.1 Å². The highest BCUT2D eigenvalue weighted by Crippen LogP contribution is 2.43.